The number of carbonyl (C=O) groups excluding carboxylic acids is 1. The number of carbonyl (C=O) groups is 1. The Hall–Kier alpha value is -3.34. The highest BCUT2D eigenvalue weighted by Gasteiger charge is 2.25. The first-order valence-corrected chi connectivity index (χ1v) is 10.1. The van der Waals surface area contributed by atoms with E-state index in [2.05, 4.69) is 4.98 Å². The largest absolute Gasteiger partial charge is 0.481 e. The first-order chi connectivity index (χ1) is 14.4. The molecular formula is C25H29N3O2. The fourth-order valence-electron chi connectivity index (χ4n) is 3.18. The van der Waals surface area contributed by atoms with Gasteiger partial charge in [-0.15, -0.1) is 0 Å². The SMILES string of the molecule is Cc1cccc(O[C@H](C)C(=O)N(Cc2ccc(N(C)C)cc2)c2ccccn2)c1C. The molecule has 0 aliphatic carbocycles. The van der Waals surface area contributed by atoms with E-state index in [0.717, 1.165) is 28.1 Å². The lowest BCUT2D eigenvalue weighted by Crippen LogP contribution is -2.40. The molecule has 0 saturated carbocycles. The van der Waals surface area contributed by atoms with Gasteiger partial charge in [-0.2, -0.15) is 0 Å². The lowest BCUT2D eigenvalue weighted by molar-refractivity contribution is -0.124. The van der Waals surface area contributed by atoms with Crippen LogP contribution in [0.1, 0.15) is 23.6 Å². The molecule has 1 amide bonds. The van der Waals surface area contributed by atoms with Gasteiger partial charge >= 0.3 is 0 Å². The molecule has 0 bridgehead atoms. The van der Waals surface area contributed by atoms with Gasteiger partial charge in [-0.25, -0.2) is 4.98 Å². The highest BCUT2D eigenvalue weighted by Crippen LogP contribution is 2.24. The molecule has 0 saturated heterocycles. The van der Waals surface area contributed by atoms with Gasteiger partial charge in [0.1, 0.15) is 11.6 Å². The molecule has 0 aliphatic rings. The van der Waals surface area contributed by atoms with Crippen LogP contribution in [0.2, 0.25) is 0 Å². The number of hydrogen-bond donors (Lipinski definition) is 0. The fraction of sp³-hybridized carbons (Fsp3) is 0.280. The van der Waals surface area contributed by atoms with Gasteiger partial charge in [0.25, 0.3) is 5.91 Å². The van der Waals surface area contributed by atoms with Crippen molar-refractivity contribution >= 4 is 17.4 Å². The predicted octanol–water partition coefficient (Wildman–Crippen LogP) is 4.77. The second kappa shape index (κ2) is 9.44. The summed E-state index contributed by atoms with van der Waals surface area (Å²) in [5, 5.41) is 0. The monoisotopic (exact) mass is 403 g/mol. The van der Waals surface area contributed by atoms with Crippen LogP contribution in [0.5, 0.6) is 5.75 Å². The molecule has 0 unspecified atom stereocenters. The average molecular weight is 404 g/mol. The third kappa shape index (κ3) is 4.98. The number of hydrogen-bond acceptors (Lipinski definition) is 4. The zero-order valence-corrected chi connectivity index (χ0v) is 18.3. The van der Waals surface area contributed by atoms with Crippen LogP contribution in [0.15, 0.2) is 66.9 Å². The number of nitrogens with zero attached hydrogens (tertiary/aromatic N) is 3. The minimum Gasteiger partial charge on any atom is -0.481 e. The fourth-order valence-corrected chi connectivity index (χ4v) is 3.18. The summed E-state index contributed by atoms with van der Waals surface area (Å²) in [7, 11) is 4.01. The van der Waals surface area contributed by atoms with Crippen LogP contribution >= 0.6 is 0 Å². The molecule has 5 heteroatoms. The molecule has 1 aromatic heterocycles. The van der Waals surface area contributed by atoms with Crippen molar-refractivity contribution in [2.75, 3.05) is 23.9 Å². The van der Waals surface area contributed by atoms with Crippen molar-refractivity contribution in [1.29, 1.82) is 0 Å². The van der Waals surface area contributed by atoms with Gasteiger partial charge < -0.3 is 9.64 Å². The maximum atomic E-state index is 13.4. The van der Waals surface area contributed by atoms with Crippen molar-refractivity contribution < 1.29 is 9.53 Å². The second-order valence-electron chi connectivity index (χ2n) is 7.63. The molecule has 1 heterocycles. The minimum atomic E-state index is -0.645. The lowest BCUT2D eigenvalue weighted by atomic mass is 10.1. The highest BCUT2D eigenvalue weighted by molar-refractivity contribution is 5.95. The van der Waals surface area contributed by atoms with E-state index in [4.69, 9.17) is 4.74 Å². The van der Waals surface area contributed by atoms with E-state index in [9.17, 15) is 4.79 Å². The Bertz CT molecular complexity index is 985. The molecule has 0 spiro atoms. The van der Waals surface area contributed by atoms with E-state index < -0.39 is 6.10 Å². The predicted molar refractivity (Wildman–Crippen MR) is 122 cm³/mol. The van der Waals surface area contributed by atoms with Gasteiger partial charge in [-0.3, -0.25) is 9.69 Å². The number of aromatic nitrogens is 1. The molecule has 0 fully saturated rings. The Morgan fingerprint density at radius 1 is 1.00 bits per heavy atom. The summed E-state index contributed by atoms with van der Waals surface area (Å²) in [4.78, 5) is 21.5. The summed E-state index contributed by atoms with van der Waals surface area (Å²) in [6.45, 7) is 6.25. The van der Waals surface area contributed by atoms with Crippen LogP contribution in [0, 0.1) is 13.8 Å². The summed E-state index contributed by atoms with van der Waals surface area (Å²) in [6, 6.07) is 19.6. The van der Waals surface area contributed by atoms with E-state index in [1.165, 1.54) is 0 Å². The first-order valence-electron chi connectivity index (χ1n) is 10.1. The Labute approximate surface area is 178 Å². The molecule has 3 rings (SSSR count). The number of benzene rings is 2. The minimum absolute atomic E-state index is 0.133. The molecule has 1 atom stereocenters. The number of rotatable bonds is 7. The summed E-state index contributed by atoms with van der Waals surface area (Å²) in [6.07, 6.45) is 1.05. The van der Waals surface area contributed by atoms with E-state index in [0.29, 0.717) is 12.4 Å². The van der Waals surface area contributed by atoms with Crippen molar-refractivity contribution in [2.45, 2.75) is 33.4 Å². The van der Waals surface area contributed by atoms with E-state index in [1.54, 1.807) is 18.0 Å². The number of amides is 1. The van der Waals surface area contributed by atoms with Crippen molar-refractivity contribution in [3.63, 3.8) is 0 Å². The summed E-state index contributed by atoms with van der Waals surface area (Å²) in [5.41, 5.74) is 4.31. The standard InChI is InChI=1S/C25H29N3O2/c1-18-9-8-10-23(19(18)2)30-20(3)25(29)28(24-11-6-7-16-26-24)17-21-12-14-22(15-13-21)27(4)5/h6-16,20H,17H2,1-5H3/t20-/m1/s1. The van der Waals surface area contributed by atoms with Crippen LogP contribution in [0.3, 0.4) is 0 Å². The molecule has 3 aromatic rings. The zero-order chi connectivity index (χ0) is 21.7. The average Bonchev–Trinajstić information content (AvgIpc) is 2.75. The molecule has 0 radical (unpaired) electrons. The Morgan fingerprint density at radius 2 is 1.73 bits per heavy atom. The van der Waals surface area contributed by atoms with Gasteiger partial charge in [0.2, 0.25) is 0 Å². The third-order valence-electron chi connectivity index (χ3n) is 5.19. The normalized spacial score (nSPS) is 11.6. The summed E-state index contributed by atoms with van der Waals surface area (Å²) >= 11 is 0. The van der Waals surface area contributed by atoms with Crippen molar-refractivity contribution in [2.24, 2.45) is 0 Å². The molecule has 2 aromatic carbocycles. The van der Waals surface area contributed by atoms with Crippen LogP contribution < -0.4 is 14.5 Å². The number of aryl methyl sites for hydroxylation is 1. The van der Waals surface area contributed by atoms with Crippen LogP contribution in [-0.4, -0.2) is 31.1 Å². The molecule has 156 valence electrons. The van der Waals surface area contributed by atoms with E-state index in [1.807, 2.05) is 93.5 Å². The van der Waals surface area contributed by atoms with Gasteiger partial charge in [-0.05, 0) is 67.8 Å². The molecule has 0 N–H and O–H groups in total. The van der Waals surface area contributed by atoms with Gasteiger partial charge in [0.05, 0.1) is 6.54 Å². The summed E-state index contributed by atoms with van der Waals surface area (Å²) in [5.74, 6) is 1.20. The smallest absolute Gasteiger partial charge is 0.269 e. The van der Waals surface area contributed by atoms with Crippen molar-refractivity contribution in [3.8, 4) is 5.75 Å². The maximum Gasteiger partial charge on any atom is 0.269 e. The number of pyridine rings is 1. The van der Waals surface area contributed by atoms with Crippen LogP contribution in [0.25, 0.3) is 0 Å². The molecular weight excluding hydrogens is 374 g/mol. The molecule has 0 aliphatic heterocycles. The van der Waals surface area contributed by atoms with Gasteiger partial charge in [0, 0.05) is 26.0 Å². The van der Waals surface area contributed by atoms with Gasteiger partial charge in [-0.1, -0.05) is 30.3 Å². The zero-order valence-electron chi connectivity index (χ0n) is 18.3. The Kier molecular flexibility index (Phi) is 6.72. The molecule has 30 heavy (non-hydrogen) atoms. The number of anilines is 2. The summed E-state index contributed by atoms with van der Waals surface area (Å²) < 4.78 is 6.05. The highest BCUT2D eigenvalue weighted by atomic mass is 16.5. The quantitative estimate of drug-likeness (QED) is 0.570. The van der Waals surface area contributed by atoms with Crippen LogP contribution in [-0.2, 0) is 11.3 Å². The Balaban J connectivity index is 1.84. The first kappa shape index (κ1) is 21.4. The van der Waals surface area contributed by atoms with Crippen molar-refractivity contribution in [1.82, 2.24) is 4.98 Å². The third-order valence-corrected chi connectivity index (χ3v) is 5.19. The second-order valence-corrected chi connectivity index (χ2v) is 7.63. The topological polar surface area (TPSA) is 45.7 Å². The van der Waals surface area contributed by atoms with E-state index in [-0.39, 0.29) is 5.91 Å². The number of ether oxygens (including phenoxy) is 1. The molecule has 5 nitrogen and oxygen atoms in total. The maximum absolute atomic E-state index is 13.4. The van der Waals surface area contributed by atoms with Gasteiger partial charge in [0.15, 0.2) is 6.10 Å². The van der Waals surface area contributed by atoms with Crippen molar-refractivity contribution in [3.05, 3.63) is 83.6 Å². The van der Waals surface area contributed by atoms with Crippen LogP contribution in [0.4, 0.5) is 11.5 Å². The Morgan fingerprint density at radius 3 is 2.37 bits per heavy atom. The van der Waals surface area contributed by atoms with E-state index >= 15 is 0 Å². The lowest BCUT2D eigenvalue weighted by Gasteiger charge is -2.26.